The lowest BCUT2D eigenvalue weighted by molar-refractivity contribution is -0.152. The van der Waals surface area contributed by atoms with Gasteiger partial charge >= 0.3 is 5.97 Å². The summed E-state index contributed by atoms with van der Waals surface area (Å²) < 4.78 is 37.6. The molecular formula is C17H26FO4P. The second-order valence-electron chi connectivity index (χ2n) is 7.16. The van der Waals surface area contributed by atoms with Crippen LogP contribution in [0, 0.1) is 11.2 Å². The molecule has 0 amide bonds. The summed E-state index contributed by atoms with van der Waals surface area (Å²) in [5.74, 6) is -0.692. The van der Waals surface area contributed by atoms with Crippen LogP contribution in [-0.4, -0.2) is 23.9 Å². The number of hydrogen-bond donors (Lipinski definition) is 0. The minimum atomic E-state index is -3.31. The van der Waals surface area contributed by atoms with Gasteiger partial charge in [0.15, 0.2) is 0 Å². The van der Waals surface area contributed by atoms with E-state index in [1.807, 2.05) is 0 Å². The number of esters is 1. The highest BCUT2D eigenvalue weighted by atomic mass is 31.2. The van der Waals surface area contributed by atoms with E-state index in [-0.39, 0.29) is 18.5 Å². The van der Waals surface area contributed by atoms with Crippen molar-refractivity contribution in [3.8, 4) is 5.75 Å². The van der Waals surface area contributed by atoms with Gasteiger partial charge in [-0.1, -0.05) is 26.8 Å². The summed E-state index contributed by atoms with van der Waals surface area (Å²) in [7, 11) is -3.31. The number of carbonyl (C=O) groups excluding carboxylic acids is 1. The molecule has 23 heavy (non-hydrogen) atoms. The van der Waals surface area contributed by atoms with E-state index in [1.165, 1.54) is 18.2 Å². The van der Waals surface area contributed by atoms with Gasteiger partial charge in [-0.2, -0.15) is 0 Å². The molecule has 0 saturated carbocycles. The number of rotatable bonds is 6. The summed E-state index contributed by atoms with van der Waals surface area (Å²) in [6.07, 6.45) is 0.0127. The number of hydrogen-bond acceptors (Lipinski definition) is 4. The summed E-state index contributed by atoms with van der Waals surface area (Å²) in [5, 5.41) is -0.705. The van der Waals surface area contributed by atoms with Crippen molar-refractivity contribution in [3.05, 3.63) is 30.1 Å². The van der Waals surface area contributed by atoms with Crippen LogP contribution in [0.15, 0.2) is 24.3 Å². The highest BCUT2D eigenvalue weighted by Crippen LogP contribution is 2.61. The van der Waals surface area contributed by atoms with E-state index in [0.29, 0.717) is 0 Å². The van der Waals surface area contributed by atoms with Crippen molar-refractivity contribution in [2.24, 2.45) is 5.41 Å². The monoisotopic (exact) mass is 344 g/mol. The van der Waals surface area contributed by atoms with Crippen molar-refractivity contribution >= 4 is 13.3 Å². The second kappa shape index (κ2) is 7.04. The molecule has 0 spiro atoms. The topological polar surface area (TPSA) is 52.6 Å². The molecule has 6 heteroatoms. The predicted molar refractivity (Wildman–Crippen MR) is 89.7 cm³/mol. The summed E-state index contributed by atoms with van der Waals surface area (Å²) in [6.45, 7) is 10.7. The van der Waals surface area contributed by atoms with Crippen LogP contribution >= 0.6 is 7.37 Å². The predicted octanol–water partition coefficient (Wildman–Crippen LogP) is 4.87. The quantitative estimate of drug-likeness (QED) is 0.546. The highest BCUT2D eigenvalue weighted by Gasteiger charge is 2.46. The average Bonchev–Trinajstić information content (AvgIpc) is 2.36. The number of halogens is 1. The molecule has 0 unspecified atom stereocenters. The van der Waals surface area contributed by atoms with E-state index in [1.54, 1.807) is 47.6 Å². The first-order chi connectivity index (χ1) is 10.4. The first kappa shape index (κ1) is 19.7. The van der Waals surface area contributed by atoms with E-state index < -0.39 is 29.7 Å². The van der Waals surface area contributed by atoms with E-state index in [2.05, 4.69) is 0 Å². The van der Waals surface area contributed by atoms with Gasteiger partial charge in [-0.25, -0.2) is 4.39 Å². The van der Waals surface area contributed by atoms with Crippen molar-refractivity contribution in [3.63, 3.8) is 0 Å². The van der Waals surface area contributed by atoms with Gasteiger partial charge in [-0.15, -0.1) is 0 Å². The zero-order valence-electron chi connectivity index (χ0n) is 14.7. The minimum Gasteiger partial charge on any atom is -0.466 e. The average molecular weight is 344 g/mol. The third-order valence-corrected chi connectivity index (χ3v) is 7.26. The van der Waals surface area contributed by atoms with Gasteiger partial charge in [-0.05, 0) is 32.9 Å². The Hall–Kier alpha value is -1.35. The van der Waals surface area contributed by atoms with E-state index in [9.17, 15) is 13.8 Å². The molecule has 0 radical (unpaired) electrons. The number of carbonyl (C=O) groups is 1. The maximum Gasteiger partial charge on any atom is 0.312 e. The summed E-state index contributed by atoms with van der Waals surface area (Å²) in [5.41, 5.74) is -0.966. The molecule has 1 atom stereocenters. The van der Waals surface area contributed by atoms with Crippen molar-refractivity contribution in [2.75, 3.05) is 12.8 Å². The first-order valence-electron chi connectivity index (χ1n) is 7.63. The highest BCUT2D eigenvalue weighted by molar-refractivity contribution is 7.61. The molecule has 0 N–H and O–H groups in total. The van der Waals surface area contributed by atoms with Crippen molar-refractivity contribution in [2.45, 2.75) is 46.7 Å². The Labute approximate surface area is 137 Å². The normalized spacial score (nSPS) is 14.9. The molecule has 1 aromatic rings. The third kappa shape index (κ3) is 5.07. The lowest BCUT2D eigenvalue weighted by atomic mass is 9.97. The SMILES string of the molecule is CCOC(=O)C(C)(C)C[P@@](=O)(Oc1cccc(F)c1)C(C)(C)C. The molecule has 0 aliphatic carbocycles. The van der Waals surface area contributed by atoms with Gasteiger partial charge in [0.05, 0.1) is 18.2 Å². The van der Waals surface area contributed by atoms with E-state index >= 15 is 0 Å². The molecule has 0 saturated heterocycles. The van der Waals surface area contributed by atoms with Crippen LogP contribution in [0.2, 0.25) is 0 Å². The van der Waals surface area contributed by atoms with Crippen LogP contribution in [0.1, 0.15) is 41.5 Å². The maximum absolute atomic E-state index is 13.5. The lowest BCUT2D eigenvalue weighted by Crippen LogP contribution is -2.35. The molecule has 4 nitrogen and oxygen atoms in total. The molecule has 0 aromatic heterocycles. The van der Waals surface area contributed by atoms with Crippen LogP contribution in [0.4, 0.5) is 4.39 Å². The van der Waals surface area contributed by atoms with Gasteiger partial charge in [0, 0.05) is 11.2 Å². The standard InChI is InChI=1S/C17H26FO4P/c1-7-21-15(19)17(5,6)12-23(20,16(2,3)4)22-14-10-8-9-13(18)11-14/h8-11H,7,12H2,1-6H3/t23-/m1/s1. The van der Waals surface area contributed by atoms with Gasteiger partial charge in [0.1, 0.15) is 11.6 Å². The Morgan fingerprint density at radius 1 is 1.22 bits per heavy atom. The third-order valence-electron chi connectivity index (χ3n) is 3.50. The van der Waals surface area contributed by atoms with Crippen molar-refractivity contribution in [1.82, 2.24) is 0 Å². The van der Waals surface area contributed by atoms with Gasteiger partial charge in [0.25, 0.3) is 7.37 Å². The smallest absolute Gasteiger partial charge is 0.312 e. The Kier molecular flexibility index (Phi) is 6.03. The maximum atomic E-state index is 13.5. The molecule has 0 fully saturated rings. The van der Waals surface area contributed by atoms with Gasteiger partial charge in [-0.3, -0.25) is 9.36 Å². The molecule has 0 bridgehead atoms. The summed E-state index contributed by atoms with van der Waals surface area (Å²) in [4.78, 5) is 12.1. The van der Waals surface area contributed by atoms with E-state index in [4.69, 9.17) is 9.26 Å². The molecule has 1 aromatic carbocycles. The Balaban J connectivity index is 3.14. The zero-order chi connectivity index (χ0) is 17.9. The zero-order valence-corrected chi connectivity index (χ0v) is 15.6. The summed E-state index contributed by atoms with van der Waals surface area (Å²) >= 11 is 0. The van der Waals surface area contributed by atoms with Crippen molar-refractivity contribution < 1.29 is 23.0 Å². The Morgan fingerprint density at radius 2 is 1.83 bits per heavy atom. The second-order valence-corrected chi connectivity index (χ2v) is 10.3. The van der Waals surface area contributed by atoms with Crippen LogP contribution in [0.25, 0.3) is 0 Å². The minimum absolute atomic E-state index is 0.0127. The molecular weight excluding hydrogens is 318 g/mol. The van der Waals surface area contributed by atoms with Gasteiger partial charge in [0.2, 0.25) is 0 Å². The molecule has 0 aliphatic heterocycles. The molecule has 130 valence electrons. The molecule has 0 heterocycles. The first-order valence-corrected chi connectivity index (χ1v) is 9.44. The largest absolute Gasteiger partial charge is 0.466 e. The fourth-order valence-corrected chi connectivity index (χ4v) is 4.45. The van der Waals surface area contributed by atoms with Crippen LogP contribution in [0.3, 0.4) is 0 Å². The lowest BCUT2D eigenvalue weighted by Gasteiger charge is -2.35. The Bertz CT molecular complexity index is 605. The van der Waals surface area contributed by atoms with Crippen molar-refractivity contribution in [1.29, 1.82) is 0 Å². The fourth-order valence-electron chi connectivity index (χ4n) is 2.01. The Morgan fingerprint density at radius 3 is 2.30 bits per heavy atom. The molecule has 1 rings (SSSR count). The van der Waals surface area contributed by atoms with Crippen LogP contribution < -0.4 is 4.52 Å². The summed E-state index contributed by atoms with van der Waals surface area (Å²) in [6, 6.07) is 5.53. The fraction of sp³-hybridized carbons (Fsp3) is 0.588. The number of benzene rings is 1. The van der Waals surface area contributed by atoms with E-state index in [0.717, 1.165) is 0 Å². The molecule has 0 aliphatic rings. The number of ether oxygens (including phenoxy) is 1. The van der Waals surface area contributed by atoms with Gasteiger partial charge < -0.3 is 9.26 Å². The van der Waals surface area contributed by atoms with Crippen LogP contribution in [0.5, 0.6) is 5.75 Å². The van der Waals surface area contributed by atoms with Crippen LogP contribution in [-0.2, 0) is 14.1 Å².